The molecule has 0 atom stereocenters. The number of aryl methyl sites for hydroxylation is 1. The summed E-state index contributed by atoms with van der Waals surface area (Å²) in [6, 6.07) is 11.5. The second-order valence-corrected chi connectivity index (χ2v) is 5.25. The topological polar surface area (TPSA) is 41.1 Å². The van der Waals surface area contributed by atoms with Crippen LogP contribution < -0.4 is 10.6 Å². The summed E-state index contributed by atoms with van der Waals surface area (Å²) in [5.74, 6) is -0.520. The van der Waals surface area contributed by atoms with E-state index in [0.717, 1.165) is 15.7 Å². The molecule has 5 heteroatoms. The number of hydrogen-bond donors (Lipinski definition) is 2. The van der Waals surface area contributed by atoms with Crippen LogP contribution in [-0.4, -0.2) is 12.5 Å². The fourth-order valence-electron chi connectivity index (χ4n) is 1.68. The SMILES string of the molecule is Cc1ccc(NCC(=O)Nc2ccc(F)cc2)c(Br)c1. The zero-order valence-corrected chi connectivity index (χ0v) is 12.5. The Balaban J connectivity index is 1.90. The monoisotopic (exact) mass is 336 g/mol. The zero-order chi connectivity index (χ0) is 14.5. The Hall–Kier alpha value is -1.88. The third kappa shape index (κ3) is 4.06. The van der Waals surface area contributed by atoms with Gasteiger partial charge in [0.05, 0.1) is 6.54 Å². The second kappa shape index (κ2) is 6.52. The molecule has 2 aromatic rings. The number of amides is 1. The van der Waals surface area contributed by atoms with Crippen LogP contribution >= 0.6 is 15.9 Å². The van der Waals surface area contributed by atoms with Crippen molar-refractivity contribution in [2.45, 2.75) is 6.92 Å². The van der Waals surface area contributed by atoms with Crippen LogP contribution in [0.1, 0.15) is 5.56 Å². The lowest BCUT2D eigenvalue weighted by Gasteiger charge is -2.10. The van der Waals surface area contributed by atoms with E-state index in [9.17, 15) is 9.18 Å². The van der Waals surface area contributed by atoms with Gasteiger partial charge in [-0.05, 0) is 64.8 Å². The first kappa shape index (κ1) is 14.5. The fraction of sp³-hybridized carbons (Fsp3) is 0.133. The molecule has 2 N–H and O–H groups in total. The Kier molecular flexibility index (Phi) is 4.74. The predicted molar refractivity (Wildman–Crippen MR) is 82.4 cm³/mol. The minimum Gasteiger partial charge on any atom is -0.375 e. The second-order valence-electron chi connectivity index (χ2n) is 4.39. The summed E-state index contributed by atoms with van der Waals surface area (Å²) in [6.45, 7) is 2.13. The van der Waals surface area contributed by atoms with Crippen molar-refractivity contribution in [1.82, 2.24) is 0 Å². The van der Waals surface area contributed by atoms with Crippen molar-refractivity contribution in [3.63, 3.8) is 0 Å². The van der Waals surface area contributed by atoms with E-state index in [1.54, 1.807) is 0 Å². The molecule has 0 aromatic heterocycles. The van der Waals surface area contributed by atoms with E-state index in [-0.39, 0.29) is 18.3 Å². The average Bonchev–Trinajstić information content (AvgIpc) is 2.40. The van der Waals surface area contributed by atoms with Crippen LogP contribution in [0.3, 0.4) is 0 Å². The fourth-order valence-corrected chi connectivity index (χ4v) is 2.31. The summed E-state index contributed by atoms with van der Waals surface area (Å²) in [7, 11) is 0. The van der Waals surface area contributed by atoms with Gasteiger partial charge in [-0.2, -0.15) is 0 Å². The molecule has 0 heterocycles. The summed E-state index contributed by atoms with van der Waals surface area (Å²) < 4.78 is 13.6. The Morgan fingerprint density at radius 3 is 2.55 bits per heavy atom. The standard InChI is InChI=1S/C15H14BrFN2O/c1-10-2-7-14(13(16)8-10)18-9-15(20)19-12-5-3-11(17)4-6-12/h2-8,18H,9H2,1H3,(H,19,20). The first-order valence-corrected chi connectivity index (χ1v) is 6.89. The van der Waals surface area contributed by atoms with Crippen LogP contribution in [0, 0.1) is 12.7 Å². The van der Waals surface area contributed by atoms with E-state index >= 15 is 0 Å². The number of benzene rings is 2. The molecule has 0 aliphatic rings. The molecule has 0 spiro atoms. The van der Waals surface area contributed by atoms with Crippen molar-refractivity contribution in [3.05, 3.63) is 58.3 Å². The lowest BCUT2D eigenvalue weighted by molar-refractivity contribution is -0.114. The van der Waals surface area contributed by atoms with Gasteiger partial charge in [-0.25, -0.2) is 4.39 Å². The Morgan fingerprint density at radius 2 is 1.90 bits per heavy atom. The van der Waals surface area contributed by atoms with E-state index in [2.05, 4.69) is 26.6 Å². The lowest BCUT2D eigenvalue weighted by atomic mass is 10.2. The molecule has 2 rings (SSSR count). The molecule has 104 valence electrons. The average molecular weight is 337 g/mol. The molecule has 0 aliphatic carbocycles. The van der Waals surface area contributed by atoms with E-state index in [1.807, 2.05) is 25.1 Å². The van der Waals surface area contributed by atoms with E-state index in [0.29, 0.717) is 5.69 Å². The molecule has 0 radical (unpaired) electrons. The molecule has 3 nitrogen and oxygen atoms in total. The van der Waals surface area contributed by atoms with Crippen LogP contribution in [0.25, 0.3) is 0 Å². The Bertz CT molecular complexity index is 614. The summed E-state index contributed by atoms with van der Waals surface area (Å²) in [5.41, 5.74) is 2.56. The summed E-state index contributed by atoms with van der Waals surface area (Å²) in [5, 5.41) is 5.73. The maximum absolute atomic E-state index is 12.7. The molecule has 1 amide bonds. The molecule has 0 unspecified atom stereocenters. The predicted octanol–water partition coefficient (Wildman–Crippen LogP) is 3.95. The van der Waals surface area contributed by atoms with Gasteiger partial charge in [0.15, 0.2) is 0 Å². The van der Waals surface area contributed by atoms with E-state index < -0.39 is 0 Å². The highest BCUT2D eigenvalue weighted by Crippen LogP contribution is 2.23. The van der Waals surface area contributed by atoms with Gasteiger partial charge in [0, 0.05) is 15.8 Å². The van der Waals surface area contributed by atoms with Gasteiger partial charge in [0.1, 0.15) is 5.82 Å². The Labute approximate surface area is 125 Å². The number of nitrogens with one attached hydrogen (secondary N) is 2. The third-order valence-electron chi connectivity index (χ3n) is 2.69. The Morgan fingerprint density at radius 1 is 1.20 bits per heavy atom. The normalized spacial score (nSPS) is 10.2. The highest BCUT2D eigenvalue weighted by Gasteiger charge is 2.04. The number of hydrogen-bond acceptors (Lipinski definition) is 2. The van der Waals surface area contributed by atoms with Gasteiger partial charge < -0.3 is 10.6 Å². The molecule has 0 saturated heterocycles. The van der Waals surface area contributed by atoms with Crippen molar-refractivity contribution >= 4 is 33.2 Å². The number of halogens is 2. The number of carbonyl (C=O) groups is 1. The smallest absolute Gasteiger partial charge is 0.243 e. The maximum Gasteiger partial charge on any atom is 0.243 e. The largest absolute Gasteiger partial charge is 0.375 e. The minimum atomic E-state index is -0.329. The minimum absolute atomic E-state index is 0.138. The lowest BCUT2D eigenvalue weighted by Crippen LogP contribution is -2.21. The van der Waals surface area contributed by atoms with Gasteiger partial charge in [-0.15, -0.1) is 0 Å². The number of rotatable bonds is 4. The van der Waals surface area contributed by atoms with Crippen molar-refractivity contribution in [2.75, 3.05) is 17.2 Å². The first-order chi connectivity index (χ1) is 9.54. The molecule has 0 aliphatic heterocycles. The van der Waals surface area contributed by atoms with Crippen LogP contribution in [0.4, 0.5) is 15.8 Å². The molecular weight excluding hydrogens is 323 g/mol. The highest BCUT2D eigenvalue weighted by atomic mass is 79.9. The van der Waals surface area contributed by atoms with Gasteiger partial charge in [0.25, 0.3) is 0 Å². The van der Waals surface area contributed by atoms with E-state index in [1.165, 1.54) is 24.3 Å². The number of anilines is 2. The quantitative estimate of drug-likeness (QED) is 0.887. The number of carbonyl (C=O) groups excluding carboxylic acids is 1. The summed E-state index contributed by atoms with van der Waals surface area (Å²) >= 11 is 3.44. The van der Waals surface area contributed by atoms with Gasteiger partial charge >= 0.3 is 0 Å². The molecule has 0 bridgehead atoms. The van der Waals surface area contributed by atoms with Gasteiger partial charge in [-0.3, -0.25) is 4.79 Å². The van der Waals surface area contributed by atoms with Crippen molar-refractivity contribution in [3.8, 4) is 0 Å². The molecule has 20 heavy (non-hydrogen) atoms. The van der Waals surface area contributed by atoms with Crippen molar-refractivity contribution in [2.24, 2.45) is 0 Å². The maximum atomic E-state index is 12.7. The summed E-state index contributed by atoms with van der Waals surface area (Å²) in [6.07, 6.45) is 0. The van der Waals surface area contributed by atoms with Crippen LogP contribution in [0.5, 0.6) is 0 Å². The molecular formula is C15H14BrFN2O. The zero-order valence-electron chi connectivity index (χ0n) is 10.9. The molecule has 2 aromatic carbocycles. The molecule has 0 saturated carbocycles. The van der Waals surface area contributed by atoms with Crippen molar-refractivity contribution in [1.29, 1.82) is 0 Å². The van der Waals surface area contributed by atoms with Gasteiger partial charge in [0.2, 0.25) is 5.91 Å². The van der Waals surface area contributed by atoms with Crippen LogP contribution in [0.2, 0.25) is 0 Å². The van der Waals surface area contributed by atoms with Crippen molar-refractivity contribution < 1.29 is 9.18 Å². The summed E-state index contributed by atoms with van der Waals surface area (Å²) in [4.78, 5) is 11.8. The van der Waals surface area contributed by atoms with Crippen LogP contribution in [-0.2, 0) is 4.79 Å². The first-order valence-electron chi connectivity index (χ1n) is 6.10. The third-order valence-corrected chi connectivity index (χ3v) is 3.35. The van der Waals surface area contributed by atoms with E-state index in [4.69, 9.17) is 0 Å². The highest BCUT2D eigenvalue weighted by molar-refractivity contribution is 9.10. The van der Waals surface area contributed by atoms with Gasteiger partial charge in [-0.1, -0.05) is 6.07 Å². The van der Waals surface area contributed by atoms with Crippen LogP contribution in [0.15, 0.2) is 46.9 Å². The molecule has 0 fully saturated rings.